The van der Waals surface area contributed by atoms with Crippen LogP contribution in [0.3, 0.4) is 0 Å². The first-order valence-corrected chi connectivity index (χ1v) is 10.6. The Morgan fingerprint density at radius 1 is 1.13 bits per heavy atom. The number of amides is 1. The molecule has 0 aliphatic carbocycles. The second-order valence-corrected chi connectivity index (χ2v) is 7.60. The van der Waals surface area contributed by atoms with Crippen LogP contribution in [0.5, 0.6) is 11.5 Å². The minimum atomic E-state index is -0.0797. The van der Waals surface area contributed by atoms with Crippen LogP contribution in [0.4, 0.5) is 5.69 Å². The summed E-state index contributed by atoms with van der Waals surface area (Å²) in [5, 5.41) is 8.65. The highest BCUT2D eigenvalue weighted by Crippen LogP contribution is 2.28. The number of anilines is 1. The summed E-state index contributed by atoms with van der Waals surface area (Å²) < 4.78 is 10.6. The molecule has 0 spiro atoms. The molecule has 1 saturated heterocycles. The minimum absolute atomic E-state index is 0.0478. The molecule has 162 valence electrons. The maximum Gasteiger partial charge on any atom is 0.246 e. The Morgan fingerprint density at radius 2 is 1.87 bits per heavy atom. The van der Waals surface area contributed by atoms with Crippen molar-refractivity contribution >= 4 is 17.7 Å². The van der Waals surface area contributed by atoms with Crippen LogP contribution in [-0.2, 0) is 11.3 Å². The van der Waals surface area contributed by atoms with E-state index < -0.39 is 0 Å². The number of piperidine rings is 1. The van der Waals surface area contributed by atoms with E-state index in [9.17, 15) is 4.79 Å². The lowest BCUT2D eigenvalue weighted by Gasteiger charge is -2.29. The van der Waals surface area contributed by atoms with Crippen LogP contribution in [0, 0.1) is 11.3 Å². The molecule has 1 fully saturated rings. The van der Waals surface area contributed by atoms with Crippen molar-refractivity contribution < 1.29 is 14.3 Å². The zero-order chi connectivity index (χ0) is 22.1. The Balaban J connectivity index is 1.57. The van der Waals surface area contributed by atoms with Crippen LogP contribution in [0.25, 0.3) is 6.08 Å². The van der Waals surface area contributed by atoms with Crippen LogP contribution in [0.15, 0.2) is 48.5 Å². The van der Waals surface area contributed by atoms with Gasteiger partial charge in [0.1, 0.15) is 6.07 Å². The zero-order valence-corrected chi connectivity index (χ0v) is 18.2. The van der Waals surface area contributed by atoms with E-state index in [2.05, 4.69) is 29.2 Å². The van der Waals surface area contributed by atoms with Gasteiger partial charge in [0.2, 0.25) is 5.91 Å². The number of ether oxygens (including phenoxy) is 2. The van der Waals surface area contributed by atoms with Crippen molar-refractivity contribution in [2.24, 2.45) is 0 Å². The lowest BCUT2D eigenvalue weighted by molar-refractivity contribution is -0.125. The first-order valence-electron chi connectivity index (χ1n) is 10.6. The van der Waals surface area contributed by atoms with E-state index >= 15 is 0 Å². The van der Waals surface area contributed by atoms with Crippen molar-refractivity contribution in [1.82, 2.24) is 4.90 Å². The van der Waals surface area contributed by atoms with Crippen LogP contribution in [0.2, 0.25) is 0 Å². The molecule has 31 heavy (non-hydrogen) atoms. The molecule has 2 aromatic rings. The molecule has 1 amide bonds. The van der Waals surface area contributed by atoms with Crippen molar-refractivity contribution in [2.45, 2.75) is 25.8 Å². The van der Waals surface area contributed by atoms with Crippen molar-refractivity contribution in [3.05, 3.63) is 59.7 Å². The monoisotopic (exact) mass is 419 g/mol. The molecule has 1 heterocycles. The minimum Gasteiger partial charge on any atom is -0.493 e. The normalized spacial score (nSPS) is 13.6. The lowest BCUT2D eigenvalue weighted by atomic mass is 10.1. The highest BCUT2D eigenvalue weighted by atomic mass is 16.5. The molecule has 2 aromatic carbocycles. The molecule has 0 N–H and O–H groups in total. The molecule has 3 rings (SSSR count). The molecule has 0 saturated carbocycles. The number of nitriles is 1. The maximum atomic E-state index is 12.5. The fraction of sp³-hybridized carbons (Fsp3) is 0.360. The number of benzene rings is 2. The molecular weight excluding hydrogens is 390 g/mol. The summed E-state index contributed by atoms with van der Waals surface area (Å²) in [5.41, 5.74) is 3.17. The predicted molar refractivity (Wildman–Crippen MR) is 122 cm³/mol. The SMILES string of the molecule is COc1cc(/C=C/C(=O)N(C)Cc2ccc(N3CCCCC3)cc2)ccc1OCC#N. The molecule has 0 unspecified atom stereocenters. The average molecular weight is 420 g/mol. The summed E-state index contributed by atoms with van der Waals surface area (Å²) in [6.07, 6.45) is 7.13. The molecule has 6 nitrogen and oxygen atoms in total. The summed E-state index contributed by atoms with van der Waals surface area (Å²) in [7, 11) is 3.34. The van der Waals surface area contributed by atoms with Crippen LogP contribution in [-0.4, -0.2) is 44.7 Å². The van der Waals surface area contributed by atoms with Gasteiger partial charge in [-0.15, -0.1) is 0 Å². The Morgan fingerprint density at radius 3 is 2.55 bits per heavy atom. The highest BCUT2D eigenvalue weighted by Gasteiger charge is 2.12. The Kier molecular flexibility index (Phi) is 7.94. The third-order valence-corrected chi connectivity index (χ3v) is 5.35. The molecule has 0 bridgehead atoms. The number of methoxy groups -OCH3 is 1. The van der Waals surface area contributed by atoms with E-state index in [1.54, 1.807) is 36.2 Å². The lowest BCUT2D eigenvalue weighted by Crippen LogP contribution is -2.29. The molecular formula is C25H29N3O3. The van der Waals surface area contributed by atoms with Crippen LogP contribution in [0.1, 0.15) is 30.4 Å². The summed E-state index contributed by atoms with van der Waals surface area (Å²) in [4.78, 5) is 16.7. The summed E-state index contributed by atoms with van der Waals surface area (Å²) >= 11 is 0. The van der Waals surface area contributed by atoms with Crippen molar-refractivity contribution in [3.63, 3.8) is 0 Å². The zero-order valence-electron chi connectivity index (χ0n) is 18.2. The number of likely N-dealkylation sites (N-methyl/N-ethyl adjacent to an activating group) is 1. The first-order chi connectivity index (χ1) is 15.1. The predicted octanol–water partition coefficient (Wildman–Crippen LogP) is 4.26. The van der Waals surface area contributed by atoms with Gasteiger partial charge in [-0.3, -0.25) is 4.79 Å². The smallest absolute Gasteiger partial charge is 0.246 e. The molecule has 0 radical (unpaired) electrons. The number of carbonyl (C=O) groups excluding carboxylic acids is 1. The van der Waals surface area contributed by atoms with Crippen LogP contribution >= 0.6 is 0 Å². The molecule has 0 aromatic heterocycles. The second-order valence-electron chi connectivity index (χ2n) is 7.60. The van der Waals surface area contributed by atoms with Gasteiger partial charge in [-0.1, -0.05) is 18.2 Å². The van der Waals surface area contributed by atoms with Gasteiger partial charge in [-0.2, -0.15) is 5.26 Å². The summed E-state index contributed by atoms with van der Waals surface area (Å²) in [6.45, 7) is 2.75. The number of hydrogen-bond donors (Lipinski definition) is 0. The quantitative estimate of drug-likeness (QED) is 0.598. The molecule has 1 aliphatic rings. The van der Waals surface area contributed by atoms with E-state index in [0.29, 0.717) is 18.0 Å². The van der Waals surface area contributed by atoms with Gasteiger partial charge in [0.25, 0.3) is 0 Å². The molecule has 6 heteroatoms. The Bertz CT molecular complexity index is 941. The standard InChI is InChI=1S/C25H29N3O3/c1-27(19-21-6-10-22(11-7-21)28-15-4-3-5-16-28)25(29)13-9-20-8-12-23(31-17-14-26)24(18-20)30-2/h6-13,18H,3-5,15-17,19H2,1-2H3/b13-9+. The highest BCUT2D eigenvalue weighted by molar-refractivity contribution is 5.91. The molecule has 1 aliphatic heterocycles. The number of carbonyl (C=O) groups is 1. The van der Waals surface area contributed by atoms with Crippen molar-refractivity contribution in [1.29, 1.82) is 5.26 Å². The average Bonchev–Trinajstić information content (AvgIpc) is 2.82. The molecule has 0 atom stereocenters. The summed E-state index contributed by atoms with van der Waals surface area (Å²) in [5.74, 6) is 0.938. The fourth-order valence-corrected chi connectivity index (χ4v) is 3.63. The van der Waals surface area contributed by atoms with Gasteiger partial charge >= 0.3 is 0 Å². The van der Waals surface area contributed by atoms with Gasteiger partial charge < -0.3 is 19.3 Å². The number of rotatable bonds is 8. The van der Waals surface area contributed by atoms with Crippen molar-refractivity contribution in [2.75, 3.05) is 38.8 Å². The Hall–Kier alpha value is -3.46. The van der Waals surface area contributed by atoms with Crippen molar-refractivity contribution in [3.8, 4) is 17.6 Å². The van der Waals surface area contributed by atoms with Gasteiger partial charge in [0.05, 0.1) is 7.11 Å². The topological polar surface area (TPSA) is 65.8 Å². The van der Waals surface area contributed by atoms with Gasteiger partial charge in [0.15, 0.2) is 18.1 Å². The van der Waals surface area contributed by atoms with Gasteiger partial charge in [0, 0.05) is 38.4 Å². The maximum absolute atomic E-state index is 12.5. The van der Waals surface area contributed by atoms with E-state index in [4.69, 9.17) is 14.7 Å². The summed E-state index contributed by atoms with van der Waals surface area (Å²) in [6, 6.07) is 15.7. The van der Waals surface area contributed by atoms with E-state index in [1.807, 2.05) is 12.1 Å². The fourth-order valence-electron chi connectivity index (χ4n) is 3.63. The van der Waals surface area contributed by atoms with Crippen LogP contribution < -0.4 is 14.4 Å². The van der Waals surface area contributed by atoms with E-state index in [-0.39, 0.29) is 12.5 Å². The number of hydrogen-bond acceptors (Lipinski definition) is 5. The van der Waals surface area contributed by atoms with Gasteiger partial charge in [-0.25, -0.2) is 0 Å². The van der Waals surface area contributed by atoms with Gasteiger partial charge in [-0.05, 0) is 60.7 Å². The largest absolute Gasteiger partial charge is 0.493 e. The second kappa shape index (κ2) is 11.1. The Labute approximate surface area is 184 Å². The van der Waals surface area contributed by atoms with E-state index in [1.165, 1.54) is 32.1 Å². The number of nitrogens with zero attached hydrogens (tertiary/aromatic N) is 3. The third kappa shape index (κ3) is 6.26. The third-order valence-electron chi connectivity index (χ3n) is 5.35. The van der Waals surface area contributed by atoms with E-state index in [0.717, 1.165) is 24.2 Å². The first kappa shape index (κ1) is 22.2.